The highest BCUT2D eigenvalue weighted by Crippen LogP contribution is 2.07. The Bertz CT molecular complexity index is 232. The Labute approximate surface area is 92.9 Å². The van der Waals surface area contributed by atoms with E-state index in [0.29, 0.717) is 13.0 Å². The predicted molar refractivity (Wildman–Crippen MR) is 62.8 cm³/mol. The van der Waals surface area contributed by atoms with E-state index >= 15 is 0 Å². The van der Waals surface area contributed by atoms with E-state index in [1.807, 2.05) is 13.0 Å². The van der Waals surface area contributed by atoms with Crippen molar-refractivity contribution in [2.75, 3.05) is 13.7 Å². The van der Waals surface area contributed by atoms with Crippen molar-refractivity contribution >= 4 is 5.97 Å². The van der Waals surface area contributed by atoms with Crippen molar-refractivity contribution in [2.45, 2.75) is 46.1 Å². The molecule has 0 bridgehead atoms. The largest absolute Gasteiger partial charge is 0.466 e. The van der Waals surface area contributed by atoms with Gasteiger partial charge in [0, 0.05) is 17.7 Å². The number of rotatable bonds is 6. The van der Waals surface area contributed by atoms with Gasteiger partial charge >= 0.3 is 5.97 Å². The molecule has 0 aromatic carbocycles. The maximum Gasteiger partial charge on any atom is 0.333 e. The molecule has 0 saturated carbocycles. The van der Waals surface area contributed by atoms with Gasteiger partial charge in [-0.1, -0.05) is 19.9 Å². The molecular weight excluding hydrogens is 190 g/mol. The van der Waals surface area contributed by atoms with Crippen LogP contribution in [0, 0.1) is 0 Å². The van der Waals surface area contributed by atoms with Crippen LogP contribution >= 0.6 is 0 Å². The Morgan fingerprint density at radius 2 is 2.00 bits per heavy atom. The fourth-order valence-corrected chi connectivity index (χ4v) is 1.08. The fourth-order valence-electron chi connectivity index (χ4n) is 1.08. The number of hydrogen-bond donors (Lipinski definition) is 1. The van der Waals surface area contributed by atoms with Gasteiger partial charge in [0.25, 0.3) is 0 Å². The molecule has 0 aromatic rings. The highest BCUT2D eigenvalue weighted by atomic mass is 16.5. The van der Waals surface area contributed by atoms with E-state index in [-0.39, 0.29) is 11.5 Å². The molecule has 3 nitrogen and oxygen atoms in total. The van der Waals surface area contributed by atoms with Crippen LogP contribution in [0.4, 0.5) is 0 Å². The van der Waals surface area contributed by atoms with Crippen molar-refractivity contribution in [2.24, 2.45) is 0 Å². The summed E-state index contributed by atoms with van der Waals surface area (Å²) in [6.07, 6.45) is 3.67. The van der Waals surface area contributed by atoms with Crippen molar-refractivity contribution in [1.82, 2.24) is 5.32 Å². The number of hydrogen-bond acceptors (Lipinski definition) is 3. The van der Waals surface area contributed by atoms with Crippen LogP contribution < -0.4 is 5.32 Å². The molecule has 15 heavy (non-hydrogen) atoms. The molecule has 88 valence electrons. The summed E-state index contributed by atoms with van der Waals surface area (Å²) in [4.78, 5) is 11.2. The smallest absolute Gasteiger partial charge is 0.333 e. The minimum absolute atomic E-state index is 0.117. The highest BCUT2D eigenvalue weighted by Gasteiger charge is 2.13. The van der Waals surface area contributed by atoms with Crippen molar-refractivity contribution in [3.8, 4) is 0 Å². The van der Waals surface area contributed by atoms with Crippen LogP contribution in [-0.2, 0) is 9.53 Å². The van der Waals surface area contributed by atoms with Crippen molar-refractivity contribution in [3.05, 3.63) is 11.6 Å². The molecule has 0 aromatic heterocycles. The number of methoxy groups -OCH3 is 1. The van der Waals surface area contributed by atoms with Gasteiger partial charge in [-0.2, -0.15) is 0 Å². The first-order valence-electron chi connectivity index (χ1n) is 5.49. The van der Waals surface area contributed by atoms with Gasteiger partial charge in [0.1, 0.15) is 0 Å². The lowest BCUT2D eigenvalue weighted by molar-refractivity contribution is -0.136. The third-order valence-corrected chi connectivity index (χ3v) is 2.64. The third-order valence-electron chi connectivity index (χ3n) is 2.64. The fraction of sp³-hybridized carbons (Fsp3) is 0.750. The van der Waals surface area contributed by atoms with E-state index in [9.17, 15) is 4.79 Å². The highest BCUT2D eigenvalue weighted by molar-refractivity contribution is 5.88. The monoisotopic (exact) mass is 213 g/mol. The topological polar surface area (TPSA) is 38.3 Å². The molecule has 0 rings (SSSR count). The number of ether oxygens (including phenoxy) is 1. The summed E-state index contributed by atoms with van der Waals surface area (Å²) in [5, 5.41) is 3.37. The quantitative estimate of drug-likeness (QED) is 0.543. The van der Waals surface area contributed by atoms with Crippen molar-refractivity contribution in [1.29, 1.82) is 0 Å². The van der Waals surface area contributed by atoms with E-state index in [1.165, 1.54) is 7.11 Å². The van der Waals surface area contributed by atoms with E-state index in [1.54, 1.807) is 0 Å². The van der Waals surface area contributed by atoms with E-state index in [2.05, 4.69) is 30.8 Å². The third kappa shape index (κ3) is 5.57. The normalized spacial score (nSPS) is 12.7. The van der Waals surface area contributed by atoms with Crippen LogP contribution in [0.25, 0.3) is 0 Å². The van der Waals surface area contributed by atoms with Gasteiger partial charge in [0.2, 0.25) is 0 Å². The maximum absolute atomic E-state index is 11.2. The van der Waals surface area contributed by atoms with Gasteiger partial charge in [-0.25, -0.2) is 4.79 Å². The first-order valence-corrected chi connectivity index (χ1v) is 5.49. The van der Waals surface area contributed by atoms with Gasteiger partial charge in [-0.05, 0) is 26.7 Å². The van der Waals surface area contributed by atoms with Gasteiger partial charge in [-0.15, -0.1) is 0 Å². The predicted octanol–water partition coefficient (Wildman–Crippen LogP) is 2.27. The van der Waals surface area contributed by atoms with E-state index < -0.39 is 0 Å². The lowest BCUT2D eigenvalue weighted by Crippen LogP contribution is -2.38. The standard InChI is InChI=1S/C12H23NO2/c1-6-10(11(14)15-5)8-9-13-12(3,4)7-2/h8,13H,6-7,9H2,1-5H3. The second-order valence-corrected chi connectivity index (χ2v) is 4.19. The molecular formula is C12H23NO2. The maximum atomic E-state index is 11.2. The molecule has 0 spiro atoms. The minimum Gasteiger partial charge on any atom is -0.466 e. The Hall–Kier alpha value is -0.830. The molecule has 3 heteroatoms. The molecule has 0 fully saturated rings. The van der Waals surface area contributed by atoms with Crippen LogP contribution in [0.3, 0.4) is 0 Å². The Kier molecular flexibility index (Phi) is 6.25. The van der Waals surface area contributed by atoms with Gasteiger partial charge in [-0.3, -0.25) is 0 Å². The zero-order valence-electron chi connectivity index (χ0n) is 10.5. The zero-order valence-corrected chi connectivity index (χ0v) is 10.5. The second-order valence-electron chi connectivity index (χ2n) is 4.19. The average Bonchev–Trinajstić information content (AvgIpc) is 2.23. The molecule has 0 unspecified atom stereocenters. The Morgan fingerprint density at radius 3 is 2.40 bits per heavy atom. The number of esters is 1. The first kappa shape index (κ1) is 14.2. The van der Waals surface area contributed by atoms with Gasteiger partial charge < -0.3 is 10.1 Å². The second kappa shape index (κ2) is 6.62. The number of carbonyl (C=O) groups excluding carboxylic acids is 1. The Balaban J connectivity index is 4.19. The van der Waals surface area contributed by atoms with Crippen LogP contribution in [0.5, 0.6) is 0 Å². The molecule has 0 heterocycles. The van der Waals surface area contributed by atoms with Gasteiger partial charge in [0.15, 0.2) is 0 Å². The molecule has 1 N–H and O–H groups in total. The molecule has 0 atom stereocenters. The van der Waals surface area contributed by atoms with E-state index in [0.717, 1.165) is 12.0 Å². The molecule has 0 saturated heterocycles. The molecule has 0 aliphatic carbocycles. The van der Waals surface area contributed by atoms with Crippen LogP contribution in [0.2, 0.25) is 0 Å². The van der Waals surface area contributed by atoms with Crippen molar-refractivity contribution in [3.63, 3.8) is 0 Å². The van der Waals surface area contributed by atoms with Gasteiger partial charge in [0.05, 0.1) is 7.11 Å². The summed E-state index contributed by atoms with van der Waals surface area (Å²) >= 11 is 0. The van der Waals surface area contributed by atoms with E-state index in [4.69, 9.17) is 0 Å². The van der Waals surface area contributed by atoms with Crippen LogP contribution in [0.15, 0.2) is 11.6 Å². The molecule has 0 aliphatic rings. The van der Waals surface area contributed by atoms with Crippen molar-refractivity contribution < 1.29 is 9.53 Å². The summed E-state index contributed by atoms with van der Waals surface area (Å²) < 4.78 is 4.68. The summed E-state index contributed by atoms with van der Waals surface area (Å²) in [5.41, 5.74) is 0.850. The zero-order chi connectivity index (χ0) is 11.9. The number of carbonyl (C=O) groups is 1. The summed E-state index contributed by atoms with van der Waals surface area (Å²) in [6.45, 7) is 9.08. The van der Waals surface area contributed by atoms with Crippen LogP contribution in [-0.4, -0.2) is 25.2 Å². The minimum atomic E-state index is -0.228. The first-order chi connectivity index (χ1) is 6.96. The summed E-state index contributed by atoms with van der Waals surface area (Å²) in [6, 6.07) is 0. The molecule has 0 aliphatic heterocycles. The Morgan fingerprint density at radius 1 is 1.40 bits per heavy atom. The van der Waals surface area contributed by atoms with Crippen LogP contribution in [0.1, 0.15) is 40.5 Å². The molecule has 0 radical (unpaired) electrons. The summed E-state index contributed by atoms with van der Waals surface area (Å²) in [5.74, 6) is -0.228. The number of nitrogens with one attached hydrogen (secondary N) is 1. The molecule has 0 amide bonds. The average molecular weight is 213 g/mol. The SMILES string of the molecule is CCC(=CCNC(C)(C)CC)C(=O)OC. The lowest BCUT2D eigenvalue weighted by Gasteiger charge is -2.23. The lowest BCUT2D eigenvalue weighted by atomic mass is 10.0. The summed E-state index contributed by atoms with van der Waals surface area (Å²) in [7, 11) is 1.41.